The Morgan fingerprint density at radius 1 is 1.00 bits per heavy atom. The lowest BCUT2D eigenvalue weighted by atomic mass is 10.0. The molecule has 0 heterocycles. The predicted molar refractivity (Wildman–Crippen MR) is 58.2 cm³/mol. The van der Waals surface area contributed by atoms with Gasteiger partial charge in [0.1, 0.15) is 0 Å². The number of nitrogens with zero attached hydrogens (tertiary/aromatic N) is 1. The topological polar surface area (TPSA) is 36.2 Å². The quantitative estimate of drug-likeness (QED) is 0.647. The molecule has 0 atom stereocenters. The smallest absolute Gasteiger partial charge is 0.0859 e. The Hall–Kier alpha value is -1.70. The van der Waals surface area contributed by atoms with Crippen molar-refractivity contribution in [1.82, 2.24) is 0 Å². The first-order valence-electron chi connectivity index (χ1n) is 4.60. The van der Waals surface area contributed by atoms with Gasteiger partial charge in [-0.3, -0.25) is 0 Å². The lowest BCUT2D eigenvalue weighted by Crippen LogP contribution is -1.81. The Morgan fingerprint density at radius 2 is 1.79 bits per heavy atom. The van der Waals surface area contributed by atoms with Gasteiger partial charge < -0.3 is 0 Å². The van der Waals surface area contributed by atoms with Crippen molar-refractivity contribution < 1.29 is 0 Å². The molecule has 2 heteroatoms. The molecule has 1 N–H and O–H groups in total. The van der Waals surface area contributed by atoms with Gasteiger partial charge in [-0.25, -0.2) is 5.53 Å². The van der Waals surface area contributed by atoms with Gasteiger partial charge in [0.2, 0.25) is 0 Å². The van der Waals surface area contributed by atoms with Gasteiger partial charge in [-0.15, -0.1) is 0 Å². The average molecular weight is 184 g/mol. The summed E-state index contributed by atoms with van der Waals surface area (Å²) in [6, 6.07) is 10.1. The molecule has 14 heavy (non-hydrogen) atoms. The Bertz CT molecular complexity index is 501. The molecule has 0 aliphatic rings. The van der Waals surface area contributed by atoms with Gasteiger partial charge >= 0.3 is 0 Å². The molecule has 0 aliphatic heterocycles. The summed E-state index contributed by atoms with van der Waals surface area (Å²) in [4.78, 5) is 0. The van der Waals surface area contributed by atoms with Crippen molar-refractivity contribution in [2.45, 2.75) is 13.8 Å². The first kappa shape index (κ1) is 8.88. The first-order chi connectivity index (χ1) is 6.72. The van der Waals surface area contributed by atoms with E-state index in [4.69, 9.17) is 5.53 Å². The summed E-state index contributed by atoms with van der Waals surface area (Å²) in [5.41, 5.74) is 10.1. The van der Waals surface area contributed by atoms with Crippen molar-refractivity contribution in [2.75, 3.05) is 0 Å². The summed E-state index contributed by atoms with van der Waals surface area (Å²) >= 11 is 0. The van der Waals surface area contributed by atoms with Crippen molar-refractivity contribution in [3.8, 4) is 0 Å². The van der Waals surface area contributed by atoms with Gasteiger partial charge in [0.25, 0.3) is 0 Å². The largest absolute Gasteiger partial charge is 0.204 e. The molecular weight excluding hydrogens is 172 g/mol. The molecule has 0 aliphatic carbocycles. The van der Waals surface area contributed by atoms with Crippen molar-refractivity contribution >= 4 is 16.5 Å². The van der Waals surface area contributed by atoms with E-state index in [1.165, 1.54) is 21.9 Å². The number of hydrogen-bond donors (Lipinski definition) is 1. The fourth-order valence-electron chi connectivity index (χ4n) is 1.77. The van der Waals surface area contributed by atoms with Crippen molar-refractivity contribution in [3.63, 3.8) is 0 Å². The van der Waals surface area contributed by atoms with Crippen LogP contribution in [-0.2, 0) is 0 Å². The molecule has 0 radical (unpaired) electrons. The van der Waals surface area contributed by atoms with Crippen molar-refractivity contribution in [2.24, 2.45) is 5.11 Å². The number of rotatable bonds is 1. The van der Waals surface area contributed by atoms with E-state index >= 15 is 0 Å². The minimum atomic E-state index is 0.726. The third-order valence-corrected chi connectivity index (χ3v) is 2.53. The molecule has 2 rings (SSSR count). The van der Waals surface area contributed by atoms with E-state index in [9.17, 15) is 0 Å². The minimum absolute atomic E-state index is 0.726. The molecule has 2 nitrogen and oxygen atoms in total. The highest BCUT2D eigenvalue weighted by Gasteiger charge is 2.01. The van der Waals surface area contributed by atoms with E-state index in [1.54, 1.807) is 0 Å². The van der Waals surface area contributed by atoms with Crippen LogP contribution in [0.3, 0.4) is 0 Å². The van der Waals surface area contributed by atoms with Gasteiger partial charge in [0.05, 0.1) is 5.69 Å². The van der Waals surface area contributed by atoms with E-state index in [2.05, 4.69) is 37.2 Å². The SMILES string of the molecule is Cc1cc(N=N)cc2c(C)cccc12. The van der Waals surface area contributed by atoms with E-state index < -0.39 is 0 Å². The molecule has 0 unspecified atom stereocenters. The van der Waals surface area contributed by atoms with Crippen LogP contribution >= 0.6 is 0 Å². The maximum absolute atomic E-state index is 7.01. The zero-order valence-corrected chi connectivity index (χ0v) is 8.33. The van der Waals surface area contributed by atoms with Crippen LogP contribution in [-0.4, -0.2) is 0 Å². The lowest BCUT2D eigenvalue weighted by Gasteiger charge is -2.05. The van der Waals surface area contributed by atoms with Crippen LogP contribution in [0.5, 0.6) is 0 Å². The Labute approximate surface area is 83.1 Å². The Balaban J connectivity index is 2.90. The second kappa shape index (κ2) is 3.22. The van der Waals surface area contributed by atoms with E-state index in [-0.39, 0.29) is 0 Å². The molecule has 0 aromatic heterocycles. The van der Waals surface area contributed by atoms with Crippen LogP contribution in [0.25, 0.3) is 10.8 Å². The summed E-state index contributed by atoms with van der Waals surface area (Å²) in [7, 11) is 0. The van der Waals surface area contributed by atoms with Crippen molar-refractivity contribution in [1.29, 1.82) is 5.53 Å². The van der Waals surface area contributed by atoms with E-state index in [1.807, 2.05) is 12.1 Å². The first-order valence-corrected chi connectivity index (χ1v) is 4.60. The molecule has 0 saturated carbocycles. The summed E-state index contributed by atoms with van der Waals surface area (Å²) in [6.45, 7) is 4.13. The molecular formula is C12H12N2. The van der Waals surface area contributed by atoms with Gasteiger partial charge in [0, 0.05) is 0 Å². The van der Waals surface area contributed by atoms with Gasteiger partial charge in [-0.1, -0.05) is 18.2 Å². The summed E-state index contributed by atoms with van der Waals surface area (Å²) < 4.78 is 0. The highest BCUT2D eigenvalue weighted by atomic mass is 15.0. The molecule has 2 aromatic rings. The third-order valence-electron chi connectivity index (χ3n) is 2.53. The predicted octanol–water partition coefficient (Wildman–Crippen LogP) is 4.12. The number of hydrogen-bond acceptors (Lipinski definition) is 2. The summed E-state index contributed by atoms with van der Waals surface area (Å²) in [6.07, 6.45) is 0. The van der Waals surface area contributed by atoms with Crippen LogP contribution in [0.1, 0.15) is 11.1 Å². The van der Waals surface area contributed by atoms with Gasteiger partial charge in [-0.2, -0.15) is 5.11 Å². The third kappa shape index (κ3) is 1.29. The molecule has 70 valence electrons. The second-order valence-electron chi connectivity index (χ2n) is 3.54. The normalized spacial score (nSPS) is 10.4. The molecule has 0 fully saturated rings. The number of benzene rings is 2. The maximum atomic E-state index is 7.01. The zero-order valence-electron chi connectivity index (χ0n) is 8.33. The highest BCUT2D eigenvalue weighted by Crippen LogP contribution is 2.27. The molecule has 0 saturated heterocycles. The Morgan fingerprint density at radius 3 is 2.50 bits per heavy atom. The van der Waals surface area contributed by atoms with Crippen LogP contribution in [0.2, 0.25) is 0 Å². The number of nitrogens with one attached hydrogen (secondary N) is 1. The van der Waals surface area contributed by atoms with Crippen molar-refractivity contribution in [3.05, 3.63) is 41.5 Å². The molecule has 0 spiro atoms. The number of aryl methyl sites for hydroxylation is 2. The fourth-order valence-corrected chi connectivity index (χ4v) is 1.77. The maximum Gasteiger partial charge on any atom is 0.0859 e. The minimum Gasteiger partial charge on any atom is -0.204 e. The van der Waals surface area contributed by atoms with Crippen LogP contribution in [0, 0.1) is 19.4 Å². The summed E-state index contributed by atoms with van der Waals surface area (Å²) in [5.74, 6) is 0. The standard InChI is InChI=1S/C12H12N2/c1-8-4-3-5-11-9(2)6-10(14-13)7-12(8)11/h3-7,13H,1-2H3. The van der Waals surface area contributed by atoms with Gasteiger partial charge in [0.15, 0.2) is 0 Å². The fraction of sp³-hybridized carbons (Fsp3) is 0.167. The average Bonchev–Trinajstić information content (AvgIpc) is 2.19. The van der Waals surface area contributed by atoms with Crippen LogP contribution in [0.4, 0.5) is 5.69 Å². The Kier molecular flexibility index (Phi) is 2.04. The zero-order chi connectivity index (χ0) is 10.1. The van der Waals surface area contributed by atoms with Crippen LogP contribution < -0.4 is 0 Å². The van der Waals surface area contributed by atoms with E-state index in [0.29, 0.717) is 0 Å². The molecule has 0 amide bonds. The highest BCUT2D eigenvalue weighted by molar-refractivity contribution is 5.90. The van der Waals surface area contributed by atoms with E-state index in [0.717, 1.165) is 5.69 Å². The van der Waals surface area contributed by atoms with Crippen LogP contribution in [0.15, 0.2) is 35.4 Å². The summed E-state index contributed by atoms with van der Waals surface area (Å²) in [5, 5.41) is 5.91. The number of fused-ring (bicyclic) bond motifs is 1. The second-order valence-corrected chi connectivity index (χ2v) is 3.54. The lowest BCUT2D eigenvalue weighted by molar-refractivity contribution is 1.15. The van der Waals surface area contributed by atoms with Gasteiger partial charge in [-0.05, 0) is 47.9 Å². The monoisotopic (exact) mass is 184 g/mol. The molecule has 0 bridgehead atoms. The molecule has 2 aromatic carbocycles.